The fourth-order valence-corrected chi connectivity index (χ4v) is 2.14. The molecule has 0 atom stereocenters. The van der Waals surface area contributed by atoms with Crippen molar-refractivity contribution in [2.24, 2.45) is 4.99 Å². The zero-order chi connectivity index (χ0) is 19.0. The van der Waals surface area contributed by atoms with Gasteiger partial charge in [-0.25, -0.2) is 4.99 Å². The van der Waals surface area contributed by atoms with Crippen LogP contribution in [0.3, 0.4) is 0 Å². The van der Waals surface area contributed by atoms with Gasteiger partial charge in [0.2, 0.25) is 0 Å². The molecular weight excluding hydrogens is 476 g/mol. The second-order valence-electron chi connectivity index (χ2n) is 5.34. The maximum Gasteiger partial charge on any atom is 0.573 e. The number of nitrogens with one attached hydrogen (secondary N) is 2. The number of alkyl halides is 3. The van der Waals surface area contributed by atoms with Crippen LogP contribution in [0.5, 0.6) is 5.75 Å². The second-order valence-corrected chi connectivity index (χ2v) is 5.34. The smallest absolute Gasteiger partial charge is 0.405 e. The number of para-hydroxylation sites is 1. The van der Waals surface area contributed by atoms with Gasteiger partial charge in [0, 0.05) is 18.2 Å². The van der Waals surface area contributed by atoms with Crippen LogP contribution in [0, 0.1) is 0 Å². The third-order valence-corrected chi connectivity index (χ3v) is 3.35. The number of benzene rings is 1. The van der Waals surface area contributed by atoms with Crippen LogP contribution in [0.1, 0.15) is 30.9 Å². The van der Waals surface area contributed by atoms with E-state index in [-0.39, 0.29) is 36.3 Å². The Morgan fingerprint density at radius 3 is 2.59 bits per heavy atom. The molecule has 0 fully saturated rings. The van der Waals surface area contributed by atoms with Gasteiger partial charge < -0.3 is 19.9 Å². The molecule has 0 saturated carbocycles. The number of halogens is 4. The van der Waals surface area contributed by atoms with Gasteiger partial charge >= 0.3 is 6.36 Å². The first-order chi connectivity index (χ1) is 12.4. The van der Waals surface area contributed by atoms with Gasteiger partial charge in [0.1, 0.15) is 5.75 Å². The van der Waals surface area contributed by atoms with E-state index in [1.165, 1.54) is 18.2 Å². The molecule has 0 aliphatic carbocycles. The fraction of sp³-hybridized carbons (Fsp3) is 0.412. The molecule has 0 aliphatic heterocycles. The summed E-state index contributed by atoms with van der Waals surface area (Å²) < 4.78 is 46.7. The number of hydrogen-bond donors (Lipinski definition) is 2. The third-order valence-electron chi connectivity index (χ3n) is 3.35. The fourth-order valence-electron chi connectivity index (χ4n) is 2.14. The van der Waals surface area contributed by atoms with Crippen molar-refractivity contribution in [2.75, 3.05) is 6.54 Å². The van der Waals surface area contributed by atoms with E-state index in [9.17, 15) is 13.2 Å². The molecule has 2 rings (SSSR count). The molecule has 2 aromatic rings. The van der Waals surface area contributed by atoms with Crippen LogP contribution in [-0.4, -0.2) is 24.0 Å². The van der Waals surface area contributed by atoms with Crippen molar-refractivity contribution in [3.8, 4) is 5.75 Å². The van der Waals surface area contributed by atoms with Gasteiger partial charge in [0.25, 0.3) is 0 Å². The molecule has 6 nitrogen and oxygen atoms in total. The normalized spacial score (nSPS) is 11.7. The van der Waals surface area contributed by atoms with Gasteiger partial charge in [0.15, 0.2) is 11.7 Å². The number of aryl methyl sites for hydroxylation is 1. The molecule has 0 unspecified atom stereocenters. The van der Waals surface area contributed by atoms with Crippen molar-refractivity contribution in [3.05, 3.63) is 47.3 Å². The highest BCUT2D eigenvalue weighted by molar-refractivity contribution is 14.0. The third kappa shape index (κ3) is 8.06. The predicted molar refractivity (Wildman–Crippen MR) is 106 cm³/mol. The summed E-state index contributed by atoms with van der Waals surface area (Å²) in [7, 11) is 0. The highest BCUT2D eigenvalue weighted by Gasteiger charge is 2.31. The summed E-state index contributed by atoms with van der Waals surface area (Å²) in [5, 5.41) is 9.98. The van der Waals surface area contributed by atoms with Gasteiger partial charge in [0.05, 0.1) is 18.8 Å². The molecule has 1 aromatic carbocycles. The Hall–Kier alpha value is -1.98. The predicted octanol–water partition coefficient (Wildman–Crippen LogP) is 4.01. The molecule has 1 aromatic heterocycles. The number of hydrogen-bond acceptors (Lipinski definition) is 4. The summed E-state index contributed by atoms with van der Waals surface area (Å²) in [5.74, 6) is 0.833. The molecule has 2 N–H and O–H groups in total. The largest absolute Gasteiger partial charge is 0.573 e. The van der Waals surface area contributed by atoms with E-state index in [0.29, 0.717) is 30.4 Å². The Morgan fingerprint density at radius 1 is 1.22 bits per heavy atom. The number of aliphatic imine (C=N–C) groups is 1. The van der Waals surface area contributed by atoms with Crippen molar-refractivity contribution < 1.29 is 22.4 Å². The summed E-state index contributed by atoms with van der Waals surface area (Å²) in [5.41, 5.74) is 1.18. The van der Waals surface area contributed by atoms with E-state index < -0.39 is 6.36 Å². The average Bonchev–Trinajstić information content (AvgIpc) is 3.05. The number of guanidine groups is 1. The van der Waals surface area contributed by atoms with Gasteiger partial charge in [-0.3, -0.25) is 0 Å². The first-order valence-electron chi connectivity index (χ1n) is 8.21. The zero-order valence-corrected chi connectivity index (χ0v) is 17.3. The van der Waals surface area contributed by atoms with E-state index in [2.05, 4.69) is 25.5 Å². The lowest BCUT2D eigenvalue weighted by atomic mass is 10.2. The van der Waals surface area contributed by atoms with E-state index >= 15 is 0 Å². The molecule has 150 valence electrons. The minimum atomic E-state index is -4.74. The maximum absolute atomic E-state index is 12.5. The van der Waals surface area contributed by atoms with E-state index in [1.807, 2.05) is 19.9 Å². The van der Waals surface area contributed by atoms with E-state index in [1.54, 1.807) is 6.07 Å². The lowest BCUT2D eigenvalue weighted by Crippen LogP contribution is -2.36. The van der Waals surface area contributed by atoms with Crippen molar-refractivity contribution in [3.63, 3.8) is 0 Å². The summed E-state index contributed by atoms with van der Waals surface area (Å²) in [4.78, 5) is 4.30. The monoisotopic (exact) mass is 498 g/mol. The Bertz CT molecular complexity index is 735. The van der Waals surface area contributed by atoms with Gasteiger partial charge in [-0.1, -0.05) is 30.3 Å². The van der Waals surface area contributed by atoms with E-state index in [0.717, 1.165) is 12.1 Å². The van der Waals surface area contributed by atoms with Crippen molar-refractivity contribution in [1.82, 2.24) is 15.8 Å². The van der Waals surface area contributed by atoms with Crippen LogP contribution in [0.25, 0.3) is 0 Å². The quantitative estimate of drug-likeness (QED) is 0.343. The van der Waals surface area contributed by atoms with Crippen LogP contribution in [0.2, 0.25) is 0 Å². The van der Waals surface area contributed by atoms with Crippen LogP contribution < -0.4 is 15.4 Å². The molecule has 0 saturated heterocycles. The number of aromatic nitrogens is 1. The Labute approximate surface area is 172 Å². The van der Waals surface area contributed by atoms with Gasteiger partial charge in [-0.05, 0) is 19.4 Å². The van der Waals surface area contributed by atoms with Crippen molar-refractivity contribution in [1.29, 1.82) is 0 Å². The summed E-state index contributed by atoms with van der Waals surface area (Å²) >= 11 is 0. The van der Waals surface area contributed by atoms with Crippen LogP contribution >= 0.6 is 24.0 Å². The SMILES string of the molecule is CCNC(=NCc1ccccc1OC(F)(F)F)NCc1cc(CC)no1.I. The minimum absolute atomic E-state index is 0. The molecule has 1 heterocycles. The molecule has 0 aliphatic rings. The Balaban J connectivity index is 0.00000364. The van der Waals surface area contributed by atoms with Crippen LogP contribution in [0.4, 0.5) is 13.2 Å². The molecule has 0 spiro atoms. The lowest BCUT2D eigenvalue weighted by Gasteiger charge is -2.13. The molecule has 10 heteroatoms. The molecule has 27 heavy (non-hydrogen) atoms. The summed E-state index contributed by atoms with van der Waals surface area (Å²) in [6.45, 7) is 4.85. The highest BCUT2D eigenvalue weighted by atomic mass is 127. The Kier molecular flexibility index (Phi) is 9.39. The summed E-state index contributed by atoms with van der Waals surface area (Å²) in [6.07, 6.45) is -3.97. The average molecular weight is 498 g/mol. The zero-order valence-electron chi connectivity index (χ0n) is 15.0. The number of nitrogens with zero attached hydrogens (tertiary/aromatic N) is 2. The topological polar surface area (TPSA) is 71.7 Å². The van der Waals surface area contributed by atoms with E-state index in [4.69, 9.17) is 4.52 Å². The minimum Gasteiger partial charge on any atom is -0.405 e. The first-order valence-corrected chi connectivity index (χ1v) is 8.21. The highest BCUT2D eigenvalue weighted by Crippen LogP contribution is 2.26. The number of ether oxygens (including phenoxy) is 1. The maximum atomic E-state index is 12.5. The molecule has 0 amide bonds. The van der Waals surface area contributed by atoms with Gasteiger partial charge in [-0.2, -0.15) is 0 Å². The standard InChI is InChI=1S/C17H21F3N4O2.HI/c1-3-13-9-14(26-24-13)11-23-16(21-4-2)22-10-12-7-5-6-8-15(12)25-17(18,19)20;/h5-9H,3-4,10-11H2,1-2H3,(H2,21,22,23);1H. The Morgan fingerprint density at radius 2 is 1.96 bits per heavy atom. The van der Waals surface area contributed by atoms with Gasteiger partial charge in [-0.15, -0.1) is 37.1 Å². The first kappa shape index (κ1) is 23.1. The number of rotatable bonds is 7. The van der Waals surface area contributed by atoms with Crippen molar-refractivity contribution >= 4 is 29.9 Å². The van der Waals surface area contributed by atoms with Crippen LogP contribution in [-0.2, 0) is 19.5 Å². The van der Waals surface area contributed by atoms with Crippen LogP contribution in [0.15, 0.2) is 39.8 Å². The lowest BCUT2D eigenvalue weighted by molar-refractivity contribution is -0.274. The van der Waals surface area contributed by atoms with Crippen molar-refractivity contribution in [2.45, 2.75) is 39.7 Å². The summed E-state index contributed by atoms with van der Waals surface area (Å²) in [6, 6.07) is 7.75. The second kappa shape index (κ2) is 11.0. The molecule has 0 radical (unpaired) electrons. The molecule has 0 bridgehead atoms. The molecular formula is C17H22F3IN4O2.